The first kappa shape index (κ1) is 16.5. The van der Waals surface area contributed by atoms with Gasteiger partial charge in [0, 0.05) is 6.54 Å². The molecule has 3 nitrogen and oxygen atoms in total. The summed E-state index contributed by atoms with van der Waals surface area (Å²) in [4.78, 5) is 10.3. The average molecular weight is 289 g/mol. The third-order valence-electron chi connectivity index (χ3n) is 2.84. The number of halogens is 3. The van der Waals surface area contributed by atoms with Crippen LogP contribution in [0, 0.1) is 0 Å². The summed E-state index contributed by atoms with van der Waals surface area (Å²) in [6.45, 7) is 1.09. The number of carbonyl (C=O) groups is 1. The second-order valence-electron chi connectivity index (χ2n) is 4.55. The van der Waals surface area contributed by atoms with E-state index in [1.165, 1.54) is 12.1 Å². The molecule has 2 N–H and O–H groups in total. The number of carboxylic acids is 1. The Morgan fingerprint density at radius 3 is 2.60 bits per heavy atom. The molecule has 0 fully saturated rings. The van der Waals surface area contributed by atoms with Crippen molar-refractivity contribution in [2.75, 3.05) is 13.1 Å². The van der Waals surface area contributed by atoms with Gasteiger partial charge in [-0.1, -0.05) is 18.2 Å². The molecular formula is C14H18F3NO2. The number of carboxylic acid groups (broad SMARTS) is 1. The summed E-state index contributed by atoms with van der Waals surface area (Å²) in [5.41, 5.74) is 0.0555. The lowest BCUT2D eigenvalue weighted by Gasteiger charge is -2.08. The minimum Gasteiger partial charge on any atom is -0.481 e. The molecule has 1 aromatic rings. The van der Waals surface area contributed by atoms with Gasteiger partial charge in [-0.2, -0.15) is 13.2 Å². The normalized spacial score (nSPS) is 11.6. The Morgan fingerprint density at radius 1 is 1.20 bits per heavy atom. The molecule has 1 rings (SSSR count). The molecule has 0 aliphatic rings. The van der Waals surface area contributed by atoms with Gasteiger partial charge in [-0.05, 0) is 37.4 Å². The second kappa shape index (κ2) is 7.89. The van der Waals surface area contributed by atoms with Crippen LogP contribution in [-0.4, -0.2) is 24.2 Å². The largest absolute Gasteiger partial charge is 0.481 e. The molecule has 0 saturated carbocycles. The van der Waals surface area contributed by atoms with Gasteiger partial charge < -0.3 is 10.4 Å². The molecule has 0 bridgehead atoms. The molecule has 20 heavy (non-hydrogen) atoms. The van der Waals surface area contributed by atoms with Crippen molar-refractivity contribution in [1.82, 2.24) is 5.32 Å². The first-order valence-corrected chi connectivity index (χ1v) is 6.48. The first-order chi connectivity index (χ1) is 9.39. The zero-order chi connectivity index (χ0) is 15.0. The Bertz CT molecular complexity index is 433. The van der Waals surface area contributed by atoms with E-state index in [1.54, 1.807) is 6.07 Å². The Kier molecular flexibility index (Phi) is 6.51. The third-order valence-corrected chi connectivity index (χ3v) is 2.84. The fourth-order valence-corrected chi connectivity index (χ4v) is 1.80. The predicted octanol–water partition coefficient (Wildman–Crippen LogP) is 3.09. The van der Waals surface area contributed by atoms with Crippen LogP contribution in [-0.2, 0) is 17.4 Å². The highest BCUT2D eigenvalue weighted by atomic mass is 19.4. The zero-order valence-electron chi connectivity index (χ0n) is 11.0. The van der Waals surface area contributed by atoms with Crippen LogP contribution in [0.3, 0.4) is 0 Å². The summed E-state index contributed by atoms with van der Waals surface area (Å²) in [7, 11) is 0. The van der Waals surface area contributed by atoms with Gasteiger partial charge in [0.25, 0.3) is 0 Å². The van der Waals surface area contributed by atoms with Gasteiger partial charge in [-0.3, -0.25) is 4.79 Å². The van der Waals surface area contributed by atoms with Gasteiger partial charge in [0.1, 0.15) is 0 Å². The summed E-state index contributed by atoms with van der Waals surface area (Å²) in [5, 5.41) is 11.4. The number of unbranched alkanes of at least 4 members (excludes halogenated alkanes) is 1. The highest BCUT2D eigenvalue weighted by molar-refractivity contribution is 5.66. The van der Waals surface area contributed by atoms with Crippen LogP contribution in [0.2, 0.25) is 0 Å². The molecule has 0 aliphatic heterocycles. The standard InChI is InChI=1S/C14H18F3NO2/c15-14(16,17)12-6-3-5-11(10-12)4-1-2-8-18-9-7-13(19)20/h3,5-6,10,18H,1-2,4,7-9H2,(H,19,20). The molecule has 0 radical (unpaired) electrons. The Labute approximate surface area is 115 Å². The molecule has 0 unspecified atom stereocenters. The lowest BCUT2D eigenvalue weighted by Crippen LogP contribution is -2.19. The summed E-state index contributed by atoms with van der Waals surface area (Å²) >= 11 is 0. The molecule has 6 heteroatoms. The molecule has 1 aromatic carbocycles. The number of nitrogens with one attached hydrogen (secondary N) is 1. The van der Waals surface area contributed by atoms with Gasteiger partial charge in [0.15, 0.2) is 0 Å². The van der Waals surface area contributed by atoms with Gasteiger partial charge in [-0.25, -0.2) is 0 Å². The lowest BCUT2D eigenvalue weighted by atomic mass is 10.0. The Morgan fingerprint density at radius 2 is 1.95 bits per heavy atom. The van der Waals surface area contributed by atoms with E-state index >= 15 is 0 Å². The Hall–Kier alpha value is -1.56. The number of hydrogen-bond donors (Lipinski definition) is 2. The maximum atomic E-state index is 12.5. The van der Waals surface area contributed by atoms with Crippen molar-refractivity contribution in [2.45, 2.75) is 31.9 Å². The van der Waals surface area contributed by atoms with Crippen LogP contribution in [0.15, 0.2) is 24.3 Å². The number of rotatable bonds is 8. The van der Waals surface area contributed by atoms with E-state index in [2.05, 4.69) is 5.32 Å². The summed E-state index contributed by atoms with van der Waals surface area (Å²) in [6.07, 6.45) is -2.07. The van der Waals surface area contributed by atoms with Crippen molar-refractivity contribution in [3.63, 3.8) is 0 Å². The van der Waals surface area contributed by atoms with Gasteiger partial charge in [0.2, 0.25) is 0 Å². The summed E-state index contributed by atoms with van der Waals surface area (Å²) in [6, 6.07) is 5.35. The van der Waals surface area contributed by atoms with Crippen LogP contribution < -0.4 is 5.32 Å². The molecular weight excluding hydrogens is 271 g/mol. The monoisotopic (exact) mass is 289 g/mol. The number of alkyl halides is 3. The van der Waals surface area contributed by atoms with Gasteiger partial charge in [0.05, 0.1) is 12.0 Å². The molecule has 0 spiro atoms. The smallest absolute Gasteiger partial charge is 0.416 e. The summed E-state index contributed by atoms with van der Waals surface area (Å²) < 4.78 is 37.5. The number of hydrogen-bond acceptors (Lipinski definition) is 2. The predicted molar refractivity (Wildman–Crippen MR) is 69.5 cm³/mol. The highest BCUT2D eigenvalue weighted by Crippen LogP contribution is 2.29. The zero-order valence-corrected chi connectivity index (χ0v) is 11.0. The molecule has 0 aliphatic carbocycles. The van der Waals surface area contributed by atoms with E-state index < -0.39 is 17.7 Å². The molecule has 112 valence electrons. The molecule has 0 atom stereocenters. The molecule has 0 amide bonds. The van der Waals surface area contributed by atoms with Crippen molar-refractivity contribution in [1.29, 1.82) is 0 Å². The van der Waals surface area contributed by atoms with Gasteiger partial charge in [-0.15, -0.1) is 0 Å². The number of benzene rings is 1. The van der Waals surface area contributed by atoms with Crippen LogP contribution in [0.5, 0.6) is 0 Å². The third kappa shape index (κ3) is 6.56. The van der Waals surface area contributed by atoms with E-state index in [1.807, 2.05) is 0 Å². The fourth-order valence-electron chi connectivity index (χ4n) is 1.80. The van der Waals surface area contributed by atoms with Crippen LogP contribution >= 0.6 is 0 Å². The topological polar surface area (TPSA) is 49.3 Å². The van der Waals surface area contributed by atoms with E-state index in [0.29, 0.717) is 25.1 Å². The minimum absolute atomic E-state index is 0.0770. The van der Waals surface area contributed by atoms with Crippen LogP contribution in [0.4, 0.5) is 13.2 Å². The lowest BCUT2D eigenvalue weighted by molar-refractivity contribution is -0.138. The van der Waals surface area contributed by atoms with E-state index in [4.69, 9.17) is 5.11 Å². The minimum atomic E-state index is -4.30. The van der Waals surface area contributed by atoms with Crippen LogP contribution in [0.1, 0.15) is 30.4 Å². The Balaban J connectivity index is 2.24. The van der Waals surface area contributed by atoms with Gasteiger partial charge >= 0.3 is 12.1 Å². The maximum Gasteiger partial charge on any atom is 0.416 e. The quantitative estimate of drug-likeness (QED) is 0.723. The summed E-state index contributed by atoms with van der Waals surface area (Å²) in [5.74, 6) is -0.846. The van der Waals surface area contributed by atoms with Crippen molar-refractivity contribution in [2.24, 2.45) is 0 Å². The van der Waals surface area contributed by atoms with Crippen LogP contribution in [0.25, 0.3) is 0 Å². The highest BCUT2D eigenvalue weighted by Gasteiger charge is 2.30. The number of aryl methyl sites for hydroxylation is 1. The second-order valence-corrected chi connectivity index (χ2v) is 4.55. The first-order valence-electron chi connectivity index (χ1n) is 6.48. The average Bonchev–Trinajstić information content (AvgIpc) is 2.36. The van der Waals surface area contributed by atoms with Crippen molar-refractivity contribution in [3.8, 4) is 0 Å². The molecule has 0 heterocycles. The van der Waals surface area contributed by atoms with E-state index in [9.17, 15) is 18.0 Å². The van der Waals surface area contributed by atoms with Crippen molar-refractivity contribution in [3.05, 3.63) is 35.4 Å². The van der Waals surface area contributed by atoms with Crippen molar-refractivity contribution < 1.29 is 23.1 Å². The maximum absolute atomic E-state index is 12.5. The molecule has 0 aromatic heterocycles. The van der Waals surface area contributed by atoms with E-state index in [-0.39, 0.29) is 6.42 Å². The SMILES string of the molecule is O=C(O)CCNCCCCc1cccc(C(F)(F)F)c1. The fraction of sp³-hybridized carbons (Fsp3) is 0.500. The number of aliphatic carboxylic acids is 1. The molecule has 0 saturated heterocycles. The van der Waals surface area contributed by atoms with E-state index in [0.717, 1.165) is 18.9 Å². The van der Waals surface area contributed by atoms with Crippen molar-refractivity contribution >= 4 is 5.97 Å².